The Labute approximate surface area is 145 Å². The van der Waals surface area contributed by atoms with E-state index in [1.165, 1.54) is 7.11 Å². The van der Waals surface area contributed by atoms with E-state index < -0.39 is 12.0 Å². The number of rotatable bonds is 4. The summed E-state index contributed by atoms with van der Waals surface area (Å²) in [5.41, 5.74) is 1.66. The van der Waals surface area contributed by atoms with E-state index in [9.17, 15) is 9.59 Å². The summed E-state index contributed by atoms with van der Waals surface area (Å²) >= 11 is 6.28. The molecule has 0 spiro atoms. The highest BCUT2D eigenvalue weighted by Crippen LogP contribution is 2.32. The number of carbonyl (C=O) groups excluding carboxylic acids is 2. The van der Waals surface area contributed by atoms with Crippen LogP contribution in [0, 0.1) is 0 Å². The van der Waals surface area contributed by atoms with Gasteiger partial charge in [0, 0.05) is 17.3 Å². The third-order valence-corrected chi connectivity index (χ3v) is 4.70. The Morgan fingerprint density at radius 1 is 1.33 bits per heavy atom. The van der Waals surface area contributed by atoms with Crippen molar-refractivity contribution >= 4 is 23.6 Å². The van der Waals surface area contributed by atoms with Gasteiger partial charge >= 0.3 is 12.0 Å². The predicted molar refractivity (Wildman–Crippen MR) is 90.6 cm³/mol. The van der Waals surface area contributed by atoms with E-state index in [-0.39, 0.29) is 6.03 Å². The van der Waals surface area contributed by atoms with Crippen molar-refractivity contribution in [2.45, 2.75) is 18.9 Å². The molecule has 128 valence electrons. The fraction of sp³-hybridized carbons (Fsp3) is 0.412. The van der Waals surface area contributed by atoms with Crippen LogP contribution in [0.4, 0.5) is 4.79 Å². The van der Waals surface area contributed by atoms with E-state index in [2.05, 4.69) is 15.5 Å². The van der Waals surface area contributed by atoms with E-state index in [0.29, 0.717) is 28.4 Å². The molecule has 0 bridgehead atoms. The Balaban J connectivity index is 2.03. The van der Waals surface area contributed by atoms with Crippen molar-refractivity contribution in [3.8, 4) is 0 Å². The Bertz CT molecular complexity index is 683. The highest BCUT2D eigenvalue weighted by Gasteiger charge is 2.35. The molecule has 2 heterocycles. The number of likely N-dealkylation sites (tertiary alicyclic amines) is 1. The molecule has 0 saturated carbocycles. The van der Waals surface area contributed by atoms with Crippen molar-refractivity contribution in [2.75, 3.05) is 26.7 Å². The van der Waals surface area contributed by atoms with Crippen LogP contribution in [-0.4, -0.2) is 43.6 Å². The maximum atomic E-state index is 12.4. The summed E-state index contributed by atoms with van der Waals surface area (Å²) in [5, 5.41) is 6.05. The monoisotopic (exact) mass is 349 g/mol. The third kappa shape index (κ3) is 3.39. The quantitative estimate of drug-likeness (QED) is 0.818. The normalized spacial score (nSPS) is 21.4. The van der Waals surface area contributed by atoms with E-state index >= 15 is 0 Å². The lowest BCUT2D eigenvalue weighted by atomic mass is 9.95. The summed E-state index contributed by atoms with van der Waals surface area (Å²) < 4.78 is 4.96. The largest absolute Gasteiger partial charge is 0.466 e. The van der Waals surface area contributed by atoms with Crippen molar-refractivity contribution in [1.82, 2.24) is 15.5 Å². The van der Waals surface area contributed by atoms with Crippen LogP contribution in [0.2, 0.25) is 5.02 Å². The van der Waals surface area contributed by atoms with Gasteiger partial charge in [0.15, 0.2) is 0 Å². The minimum Gasteiger partial charge on any atom is -0.466 e. The maximum absolute atomic E-state index is 12.4. The Hall–Kier alpha value is -2.05. The highest BCUT2D eigenvalue weighted by atomic mass is 35.5. The smallest absolute Gasteiger partial charge is 0.338 e. The minimum atomic E-state index is -0.627. The summed E-state index contributed by atoms with van der Waals surface area (Å²) in [7, 11) is 1.34. The van der Waals surface area contributed by atoms with Gasteiger partial charge in [-0.05, 0) is 37.6 Å². The first-order valence-corrected chi connectivity index (χ1v) is 8.33. The van der Waals surface area contributed by atoms with Crippen molar-refractivity contribution in [3.05, 3.63) is 46.1 Å². The number of benzene rings is 1. The molecule has 24 heavy (non-hydrogen) atoms. The van der Waals surface area contributed by atoms with Crippen LogP contribution in [0.25, 0.3) is 0 Å². The summed E-state index contributed by atoms with van der Waals surface area (Å²) in [6, 6.07) is 6.19. The second kappa shape index (κ2) is 7.23. The van der Waals surface area contributed by atoms with Crippen LogP contribution in [0.15, 0.2) is 35.5 Å². The summed E-state index contributed by atoms with van der Waals surface area (Å²) in [6.07, 6.45) is 2.25. The number of amides is 2. The average Bonchev–Trinajstić information content (AvgIpc) is 3.07. The van der Waals surface area contributed by atoms with Gasteiger partial charge in [-0.1, -0.05) is 29.8 Å². The molecule has 6 nitrogen and oxygen atoms in total. The van der Waals surface area contributed by atoms with E-state index in [1.807, 2.05) is 6.07 Å². The summed E-state index contributed by atoms with van der Waals surface area (Å²) in [6.45, 7) is 2.43. The van der Waals surface area contributed by atoms with Crippen molar-refractivity contribution < 1.29 is 14.3 Å². The molecule has 3 rings (SSSR count). The number of esters is 1. The Kier molecular flexibility index (Phi) is 5.06. The lowest BCUT2D eigenvalue weighted by Gasteiger charge is -2.31. The van der Waals surface area contributed by atoms with Gasteiger partial charge in [-0.2, -0.15) is 0 Å². The number of halogens is 1. The van der Waals surface area contributed by atoms with Gasteiger partial charge in [0.1, 0.15) is 0 Å². The zero-order chi connectivity index (χ0) is 17.1. The molecule has 0 aromatic heterocycles. The molecule has 2 aliphatic rings. The first-order valence-electron chi connectivity index (χ1n) is 7.96. The standard InChI is InChI=1S/C17H20ClN3O3/c1-24-16(22)14-13(10-21-8-4-5-9-21)19-17(23)20-15(14)11-6-2-3-7-12(11)18/h2-3,6-7,15H,4-5,8-10H2,1H3,(H2,19,20,23). The number of ether oxygens (including phenoxy) is 1. The molecule has 1 fully saturated rings. The van der Waals surface area contributed by atoms with E-state index in [4.69, 9.17) is 16.3 Å². The van der Waals surface area contributed by atoms with Gasteiger partial charge in [-0.25, -0.2) is 9.59 Å². The number of urea groups is 1. The van der Waals surface area contributed by atoms with Crippen molar-refractivity contribution in [3.63, 3.8) is 0 Å². The highest BCUT2D eigenvalue weighted by molar-refractivity contribution is 6.31. The molecule has 7 heteroatoms. The number of hydrogen-bond donors (Lipinski definition) is 2. The van der Waals surface area contributed by atoms with Crippen LogP contribution in [0.3, 0.4) is 0 Å². The van der Waals surface area contributed by atoms with Crippen LogP contribution in [0.1, 0.15) is 24.4 Å². The zero-order valence-corrected chi connectivity index (χ0v) is 14.2. The first kappa shape index (κ1) is 16.8. The molecule has 1 unspecified atom stereocenters. The van der Waals surface area contributed by atoms with Crippen LogP contribution < -0.4 is 10.6 Å². The molecule has 1 aromatic rings. The number of carbonyl (C=O) groups is 2. The molecule has 0 radical (unpaired) electrons. The number of nitrogens with one attached hydrogen (secondary N) is 2. The molecular formula is C17H20ClN3O3. The van der Waals surface area contributed by atoms with E-state index in [1.54, 1.807) is 18.2 Å². The topological polar surface area (TPSA) is 70.7 Å². The molecule has 2 N–H and O–H groups in total. The van der Waals surface area contributed by atoms with Gasteiger partial charge < -0.3 is 15.4 Å². The zero-order valence-electron chi connectivity index (χ0n) is 13.5. The lowest BCUT2D eigenvalue weighted by Crippen LogP contribution is -2.48. The van der Waals surface area contributed by atoms with Gasteiger partial charge in [0.05, 0.1) is 18.7 Å². The first-order chi connectivity index (χ1) is 11.6. The van der Waals surface area contributed by atoms with Gasteiger partial charge in [0.25, 0.3) is 0 Å². The van der Waals surface area contributed by atoms with E-state index in [0.717, 1.165) is 25.9 Å². The minimum absolute atomic E-state index is 0.346. The summed E-state index contributed by atoms with van der Waals surface area (Å²) in [4.78, 5) is 26.8. The number of hydrogen-bond acceptors (Lipinski definition) is 4. The Morgan fingerprint density at radius 3 is 2.71 bits per heavy atom. The predicted octanol–water partition coefficient (Wildman–Crippen LogP) is 2.22. The Morgan fingerprint density at radius 2 is 2.04 bits per heavy atom. The van der Waals surface area contributed by atoms with Crippen LogP contribution in [-0.2, 0) is 9.53 Å². The van der Waals surface area contributed by atoms with Crippen molar-refractivity contribution in [1.29, 1.82) is 0 Å². The lowest BCUT2D eigenvalue weighted by molar-refractivity contribution is -0.136. The molecular weight excluding hydrogens is 330 g/mol. The van der Waals surface area contributed by atoms with Crippen LogP contribution >= 0.6 is 11.6 Å². The molecule has 1 atom stereocenters. The average molecular weight is 350 g/mol. The molecule has 2 amide bonds. The van der Waals surface area contributed by atoms with Crippen molar-refractivity contribution in [2.24, 2.45) is 0 Å². The molecule has 1 aromatic carbocycles. The van der Waals surface area contributed by atoms with Crippen LogP contribution in [0.5, 0.6) is 0 Å². The van der Waals surface area contributed by atoms with Gasteiger partial charge in [-0.3, -0.25) is 4.90 Å². The molecule has 2 aliphatic heterocycles. The van der Waals surface area contributed by atoms with Gasteiger partial charge in [0.2, 0.25) is 0 Å². The summed E-state index contributed by atoms with van der Waals surface area (Å²) in [5.74, 6) is -0.471. The third-order valence-electron chi connectivity index (χ3n) is 4.36. The molecule has 1 saturated heterocycles. The second-order valence-corrected chi connectivity index (χ2v) is 6.33. The fourth-order valence-corrected chi connectivity index (χ4v) is 3.45. The molecule has 0 aliphatic carbocycles. The van der Waals surface area contributed by atoms with Gasteiger partial charge in [-0.15, -0.1) is 0 Å². The maximum Gasteiger partial charge on any atom is 0.338 e. The number of methoxy groups -OCH3 is 1. The second-order valence-electron chi connectivity index (χ2n) is 5.92. The fourth-order valence-electron chi connectivity index (χ4n) is 3.20. The SMILES string of the molecule is COC(=O)C1=C(CN2CCCC2)NC(=O)NC1c1ccccc1Cl. The number of nitrogens with zero attached hydrogens (tertiary/aromatic N) is 1.